The second kappa shape index (κ2) is 7.19. The van der Waals surface area contributed by atoms with Crippen LogP contribution in [0, 0.1) is 12.8 Å². The van der Waals surface area contributed by atoms with Crippen molar-refractivity contribution in [1.82, 2.24) is 14.9 Å². The van der Waals surface area contributed by atoms with Crippen LogP contribution in [-0.2, 0) is 6.54 Å². The first kappa shape index (κ1) is 16.1. The zero-order valence-corrected chi connectivity index (χ0v) is 14.4. The molecule has 3 heterocycles. The van der Waals surface area contributed by atoms with E-state index in [4.69, 9.17) is 0 Å². The molecule has 1 aliphatic rings. The molecule has 5 nitrogen and oxygen atoms in total. The number of hydrogen-bond acceptors (Lipinski definition) is 5. The predicted molar refractivity (Wildman–Crippen MR) is 92.7 cm³/mol. The van der Waals surface area contributed by atoms with Crippen LogP contribution in [0.25, 0.3) is 0 Å². The van der Waals surface area contributed by atoms with E-state index >= 15 is 0 Å². The summed E-state index contributed by atoms with van der Waals surface area (Å²) in [4.78, 5) is 23.3. The van der Waals surface area contributed by atoms with Gasteiger partial charge in [0.05, 0.1) is 11.3 Å². The number of likely N-dealkylation sites (tertiary alicyclic amines) is 1. The Balaban J connectivity index is 1.58. The summed E-state index contributed by atoms with van der Waals surface area (Å²) in [6, 6.07) is 3.61. The highest BCUT2D eigenvalue weighted by molar-refractivity contribution is 7.13. The van der Waals surface area contributed by atoms with Crippen LogP contribution >= 0.6 is 11.3 Å². The van der Waals surface area contributed by atoms with Gasteiger partial charge in [-0.1, -0.05) is 6.92 Å². The SMILES string of the molecule is Cc1ccc(C(=O)Nc2nc(CN3CCC[C@H](C)C3)cs2)cn1. The van der Waals surface area contributed by atoms with E-state index in [1.54, 1.807) is 12.3 Å². The van der Waals surface area contributed by atoms with Gasteiger partial charge >= 0.3 is 0 Å². The van der Waals surface area contributed by atoms with Gasteiger partial charge in [0.1, 0.15) is 0 Å². The molecule has 0 radical (unpaired) electrons. The third-order valence-corrected chi connectivity index (χ3v) is 4.88. The fraction of sp³-hybridized carbons (Fsp3) is 0.471. The molecule has 0 spiro atoms. The molecule has 0 bridgehead atoms. The second-order valence-electron chi connectivity index (χ2n) is 6.27. The molecule has 23 heavy (non-hydrogen) atoms. The van der Waals surface area contributed by atoms with E-state index in [9.17, 15) is 4.79 Å². The van der Waals surface area contributed by atoms with Crippen LogP contribution in [0.5, 0.6) is 0 Å². The quantitative estimate of drug-likeness (QED) is 0.934. The molecule has 1 aliphatic heterocycles. The van der Waals surface area contributed by atoms with Gasteiger partial charge in [0.2, 0.25) is 0 Å². The standard InChI is InChI=1S/C17H22N4OS/c1-12-4-3-7-21(9-12)10-15-11-23-17(19-15)20-16(22)14-6-5-13(2)18-8-14/h5-6,8,11-12H,3-4,7,9-10H2,1-2H3,(H,19,20,22)/t12-/m0/s1. The number of nitrogens with zero attached hydrogens (tertiary/aromatic N) is 3. The van der Waals surface area contributed by atoms with E-state index in [0.717, 1.165) is 36.9 Å². The van der Waals surface area contributed by atoms with Crippen LogP contribution in [0.15, 0.2) is 23.7 Å². The van der Waals surface area contributed by atoms with Crippen molar-refractivity contribution in [1.29, 1.82) is 0 Å². The van der Waals surface area contributed by atoms with Gasteiger partial charge in [-0.25, -0.2) is 4.98 Å². The normalized spacial score (nSPS) is 18.8. The topological polar surface area (TPSA) is 58.1 Å². The Morgan fingerprint density at radius 1 is 1.48 bits per heavy atom. The van der Waals surface area contributed by atoms with E-state index in [1.165, 1.54) is 24.2 Å². The van der Waals surface area contributed by atoms with Gasteiger partial charge in [0.25, 0.3) is 5.91 Å². The first-order chi connectivity index (χ1) is 11.1. The second-order valence-corrected chi connectivity index (χ2v) is 7.13. The molecule has 0 aliphatic carbocycles. The fourth-order valence-corrected chi connectivity index (χ4v) is 3.56. The van der Waals surface area contributed by atoms with Crippen LogP contribution in [-0.4, -0.2) is 33.9 Å². The highest BCUT2D eigenvalue weighted by Gasteiger charge is 2.17. The summed E-state index contributed by atoms with van der Waals surface area (Å²) < 4.78 is 0. The van der Waals surface area contributed by atoms with E-state index in [1.807, 2.05) is 18.4 Å². The number of thiazole rings is 1. The van der Waals surface area contributed by atoms with Crippen LogP contribution in [0.3, 0.4) is 0 Å². The van der Waals surface area contributed by atoms with Gasteiger partial charge < -0.3 is 0 Å². The van der Waals surface area contributed by atoms with Crippen LogP contribution in [0.1, 0.15) is 41.5 Å². The number of aryl methyl sites for hydroxylation is 1. The number of nitrogens with one attached hydrogen (secondary N) is 1. The van der Waals surface area contributed by atoms with Crippen molar-refractivity contribution in [2.45, 2.75) is 33.2 Å². The fourth-order valence-electron chi connectivity index (χ4n) is 2.87. The van der Waals surface area contributed by atoms with Gasteiger partial charge in [-0.15, -0.1) is 11.3 Å². The molecule has 1 amide bonds. The number of anilines is 1. The smallest absolute Gasteiger partial charge is 0.259 e. The number of rotatable bonds is 4. The maximum atomic E-state index is 12.2. The molecule has 2 aromatic rings. The average molecular weight is 330 g/mol. The Morgan fingerprint density at radius 2 is 2.35 bits per heavy atom. The molecular formula is C17H22N4OS. The molecule has 0 aromatic carbocycles. The molecule has 6 heteroatoms. The van der Waals surface area contributed by atoms with E-state index in [-0.39, 0.29) is 5.91 Å². The van der Waals surface area contributed by atoms with Gasteiger partial charge in [-0.3, -0.25) is 20.0 Å². The minimum absolute atomic E-state index is 0.162. The molecule has 0 unspecified atom stereocenters. The van der Waals surface area contributed by atoms with Crippen LogP contribution < -0.4 is 5.32 Å². The summed E-state index contributed by atoms with van der Waals surface area (Å²) in [7, 11) is 0. The highest BCUT2D eigenvalue weighted by Crippen LogP contribution is 2.21. The van der Waals surface area contributed by atoms with Gasteiger partial charge in [-0.05, 0) is 44.4 Å². The summed E-state index contributed by atoms with van der Waals surface area (Å²) in [6.45, 7) is 7.33. The van der Waals surface area contributed by atoms with Crippen molar-refractivity contribution >= 4 is 22.4 Å². The number of aromatic nitrogens is 2. The van der Waals surface area contributed by atoms with Gasteiger partial charge in [-0.2, -0.15) is 0 Å². The van der Waals surface area contributed by atoms with Crippen molar-refractivity contribution in [3.63, 3.8) is 0 Å². The van der Waals surface area contributed by atoms with Gasteiger partial charge in [0.15, 0.2) is 5.13 Å². The lowest BCUT2D eigenvalue weighted by molar-refractivity contribution is 0.102. The molecule has 3 rings (SSSR count). The van der Waals surface area contributed by atoms with Crippen molar-refractivity contribution in [3.8, 4) is 0 Å². The van der Waals surface area contributed by atoms with Crippen molar-refractivity contribution in [2.24, 2.45) is 5.92 Å². The Kier molecular flexibility index (Phi) is 5.03. The highest BCUT2D eigenvalue weighted by atomic mass is 32.1. The van der Waals surface area contributed by atoms with Crippen molar-refractivity contribution in [2.75, 3.05) is 18.4 Å². The molecular weight excluding hydrogens is 308 g/mol. The number of amides is 1. The maximum absolute atomic E-state index is 12.2. The molecule has 1 atom stereocenters. The Labute approximate surface area is 140 Å². The maximum Gasteiger partial charge on any atom is 0.259 e. The third-order valence-electron chi connectivity index (χ3n) is 4.07. The summed E-state index contributed by atoms with van der Waals surface area (Å²) >= 11 is 1.47. The summed E-state index contributed by atoms with van der Waals surface area (Å²) in [5, 5.41) is 5.53. The lowest BCUT2D eigenvalue weighted by Gasteiger charge is -2.30. The number of pyridine rings is 1. The zero-order valence-electron chi connectivity index (χ0n) is 13.6. The third kappa shape index (κ3) is 4.36. The molecule has 1 N–H and O–H groups in total. The minimum Gasteiger partial charge on any atom is -0.298 e. The molecule has 1 saturated heterocycles. The summed E-state index contributed by atoms with van der Waals surface area (Å²) in [6.07, 6.45) is 4.17. The number of hydrogen-bond donors (Lipinski definition) is 1. The Hall–Kier alpha value is -1.79. The molecule has 1 fully saturated rings. The first-order valence-electron chi connectivity index (χ1n) is 8.01. The minimum atomic E-state index is -0.162. The zero-order chi connectivity index (χ0) is 16.2. The first-order valence-corrected chi connectivity index (χ1v) is 8.89. The van der Waals surface area contributed by atoms with Crippen LogP contribution in [0.2, 0.25) is 0 Å². The Morgan fingerprint density at radius 3 is 3.09 bits per heavy atom. The van der Waals surface area contributed by atoms with Crippen LogP contribution in [0.4, 0.5) is 5.13 Å². The monoisotopic (exact) mass is 330 g/mol. The Bertz CT molecular complexity index is 667. The van der Waals surface area contributed by atoms with Gasteiger partial charge in [0, 0.05) is 30.4 Å². The summed E-state index contributed by atoms with van der Waals surface area (Å²) in [5.41, 5.74) is 2.48. The number of carbonyl (C=O) groups is 1. The lowest BCUT2D eigenvalue weighted by atomic mass is 10.0. The average Bonchev–Trinajstić information content (AvgIpc) is 2.95. The molecule has 122 valence electrons. The van der Waals surface area contributed by atoms with E-state index < -0.39 is 0 Å². The number of carbonyl (C=O) groups excluding carboxylic acids is 1. The largest absolute Gasteiger partial charge is 0.298 e. The van der Waals surface area contributed by atoms with E-state index in [0.29, 0.717) is 10.7 Å². The van der Waals surface area contributed by atoms with Crippen molar-refractivity contribution < 1.29 is 4.79 Å². The summed E-state index contributed by atoms with van der Waals surface area (Å²) in [5.74, 6) is 0.598. The number of piperidine rings is 1. The van der Waals surface area contributed by atoms with E-state index in [2.05, 4.69) is 27.1 Å². The van der Waals surface area contributed by atoms with Crippen molar-refractivity contribution in [3.05, 3.63) is 40.7 Å². The molecule has 0 saturated carbocycles. The molecule has 2 aromatic heterocycles. The lowest BCUT2D eigenvalue weighted by Crippen LogP contribution is -2.33. The predicted octanol–water partition coefficient (Wildman–Crippen LogP) is 3.33.